The highest BCUT2D eigenvalue weighted by molar-refractivity contribution is 7.20. The molecule has 0 aliphatic carbocycles. The molecule has 3 heterocycles. The Hall–Kier alpha value is -2.71. The standard InChI is InChI=1S/C23H28N4O3S/c1-3-18-15-17(25-16(2)28)10-12-27(18)13-14-29-19-6-8-20(9-7-19)30-23-26-22-21(31-23)5-4-11-24-22/h4-9,11,17-18H,3,10,12-15H2,1-2H3,(H,25,28)/t17-,18-/m0/s1. The number of piperidine rings is 1. The average Bonchev–Trinajstić information content (AvgIpc) is 3.17. The van der Waals surface area contributed by atoms with Crippen molar-refractivity contribution in [1.82, 2.24) is 20.2 Å². The first-order valence-electron chi connectivity index (χ1n) is 10.7. The molecule has 1 fully saturated rings. The number of hydrogen-bond acceptors (Lipinski definition) is 7. The van der Waals surface area contributed by atoms with E-state index in [0.29, 0.717) is 29.5 Å². The summed E-state index contributed by atoms with van der Waals surface area (Å²) in [5.74, 6) is 1.60. The SMILES string of the molecule is CC[C@H]1C[C@@H](NC(C)=O)CCN1CCOc1ccc(Oc2nc3ncccc3s2)cc1. The highest BCUT2D eigenvalue weighted by Crippen LogP contribution is 2.31. The predicted octanol–water partition coefficient (Wildman–Crippen LogP) is 4.24. The summed E-state index contributed by atoms with van der Waals surface area (Å²) in [4.78, 5) is 22.4. The Bertz CT molecular complexity index is 974. The van der Waals surface area contributed by atoms with Gasteiger partial charge in [0, 0.05) is 38.3 Å². The molecule has 1 saturated heterocycles. The van der Waals surface area contributed by atoms with Gasteiger partial charge >= 0.3 is 0 Å². The summed E-state index contributed by atoms with van der Waals surface area (Å²) >= 11 is 1.48. The van der Waals surface area contributed by atoms with Crippen molar-refractivity contribution < 1.29 is 14.3 Å². The van der Waals surface area contributed by atoms with Crippen molar-refractivity contribution in [2.24, 2.45) is 0 Å². The van der Waals surface area contributed by atoms with Crippen molar-refractivity contribution in [1.29, 1.82) is 0 Å². The molecule has 1 amide bonds. The fraction of sp³-hybridized carbons (Fsp3) is 0.435. The van der Waals surface area contributed by atoms with Crippen LogP contribution in [0.3, 0.4) is 0 Å². The number of aromatic nitrogens is 2. The Morgan fingerprint density at radius 1 is 1.26 bits per heavy atom. The number of nitrogens with zero attached hydrogens (tertiary/aromatic N) is 3. The molecule has 0 saturated carbocycles. The molecular weight excluding hydrogens is 412 g/mol. The number of likely N-dealkylation sites (tertiary alicyclic amines) is 1. The number of hydrogen-bond donors (Lipinski definition) is 1. The second-order valence-corrected chi connectivity index (χ2v) is 8.74. The molecule has 1 aromatic carbocycles. The van der Waals surface area contributed by atoms with Gasteiger partial charge in [-0.25, -0.2) is 4.98 Å². The highest BCUT2D eigenvalue weighted by atomic mass is 32.1. The zero-order valence-electron chi connectivity index (χ0n) is 17.9. The molecule has 1 aliphatic heterocycles. The first-order chi connectivity index (χ1) is 15.1. The Morgan fingerprint density at radius 2 is 2.06 bits per heavy atom. The third kappa shape index (κ3) is 5.71. The van der Waals surface area contributed by atoms with Gasteiger partial charge in [0.15, 0.2) is 5.65 Å². The summed E-state index contributed by atoms with van der Waals surface area (Å²) in [6, 6.07) is 12.3. The number of thiazole rings is 1. The third-order valence-electron chi connectivity index (χ3n) is 5.54. The molecule has 2 atom stereocenters. The van der Waals surface area contributed by atoms with Gasteiger partial charge in [0.05, 0.1) is 4.70 Å². The number of amides is 1. The fourth-order valence-corrected chi connectivity index (χ4v) is 4.81. The maximum atomic E-state index is 11.3. The van der Waals surface area contributed by atoms with Crippen LogP contribution in [0, 0.1) is 0 Å². The van der Waals surface area contributed by atoms with Crippen molar-refractivity contribution in [3.8, 4) is 16.7 Å². The van der Waals surface area contributed by atoms with Gasteiger partial charge < -0.3 is 14.8 Å². The molecule has 3 aromatic rings. The molecule has 0 spiro atoms. The van der Waals surface area contributed by atoms with E-state index in [9.17, 15) is 4.79 Å². The van der Waals surface area contributed by atoms with Crippen LogP contribution in [0.4, 0.5) is 0 Å². The lowest BCUT2D eigenvalue weighted by atomic mass is 9.95. The first-order valence-corrected chi connectivity index (χ1v) is 11.6. The second kappa shape index (κ2) is 10.1. The summed E-state index contributed by atoms with van der Waals surface area (Å²) in [5.41, 5.74) is 0.703. The zero-order chi connectivity index (χ0) is 21.6. The minimum atomic E-state index is 0.0591. The molecule has 2 aromatic heterocycles. The van der Waals surface area contributed by atoms with Gasteiger partial charge in [-0.05, 0) is 55.7 Å². The van der Waals surface area contributed by atoms with Gasteiger partial charge in [0.1, 0.15) is 18.1 Å². The topological polar surface area (TPSA) is 76.6 Å². The van der Waals surface area contributed by atoms with Crippen LogP contribution in [0.15, 0.2) is 42.6 Å². The van der Waals surface area contributed by atoms with Crippen molar-refractivity contribution in [2.45, 2.75) is 45.2 Å². The van der Waals surface area contributed by atoms with Gasteiger partial charge in [-0.1, -0.05) is 18.3 Å². The maximum absolute atomic E-state index is 11.3. The van der Waals surface area contributed by atoms with Crippen LogP contribution in [-0.4, -0.2) is 52.6 Å². The summed E-state index contributed by atoms with van der Waals surface area (Å²) < 4.78 is 12.8. The van der Waals surface area contributed by atoms with Crippen LogP contribution in [0.2, 0.25) is 0 Å². The van der Waals surface area contributed by atoms with Gasteiger partial charge in [-0.15, -0.1) is 0 Å². The van der Waals surface area contributed by atoms with Crippen molar-refractivity contribution in [2.75, 3.05) is 19.7 Å². The third-order valence-corrected chi connectivity index (χ3v) is 6.43. The lowest BCUT2D eigenvalue weighted by Crippen LogP contribution is -2.50. The molecule has 7 nitrogen and oxygen atoms in total. The molecule has 0 radical (unpaired) electrons. The zero-order valence-corrected chi connectivity index (χ0v) is 18.7. The van der Waals surface area contributed by atoms with Crippen LogP contribution < -0.4 is 14.8 Å². The number of carbonyl (C=O) groups is 1. The first kappa shape index (κ1) is 21.5. The summed E-state index contributed by atoms with van der Waals surface area (Å²) in [5, 5.41) is 3.64. The molecular formula is C23H28N4O3S. The summed E-state index contributed by atoms with van der Waals surface area (Å²) in [7, 11) is 0. The van der Waals surface area contributed by atoms with E-state index in [4.69, 9.17) is 9.47 Å². The number of pyridine rings is 1. The van der Waals surface area contributed by atoms with Gasteiger partial charge in [0.2, 0.25) is 5.91 Å². The number of ether oxygens (including phenoxy) is 2. The molecule has 8 heteroatoms. The van der Waals surface area contributed by atoms with Gasteiger partial charge in [-0.2, -0.15) is 4.98 Å². The molecule has 0 bridgehead atoms. The van der Waals surface area contributed by atoms with Gasteiger partial charge in [0.25, 0.3) is 5.19 Å². The number of benzene rings is 1. The maximum Gasteiger partial charge on any atom is 0.281 e. The second-order valence-electron chi connectivity index (χ2n) is 7.75. The number of rotatable bonds is 8. The quantitative estimate of drug-likeness (QED) is 0.565. The predicted molar refractivity (Wildman–Crippen MR) is 122 cm³/mol. The number of carbonyl (C=O) groups excluding carboxylic acids is 1. The molecule has 164 valence electrons. The Kier molecular flexibility index (Phi) is 6.99. The van der Waals surface area contributed by atoms with Crippen LogP contribution in [-0.2, 0) is 4.79 Å². The molecule has 1 aliphatic rings. The van der Waals surface area contributed by atoms with Crippen molar-refractivity contribution in [3.05, 3.63) is 42.6 Å². The van der Waals surface area contributed by atoms with Crippen LogP contribution in [0.1, 0.15) is 33.1 Å². The lowest BCUT2D eigenvalue weighted by molar-refractivity contribution is -0.120. The smallest absolute Gasteiger partial charge is 0.281 e. The normalized spacial score (nSPS) is 19.3. The summed E-state index contributed by atoms with van der Waals surface area (Å²) in [6.45, 7) is 6.28. The van der Waals surface area contributed by atoms with E-state index in [1.165, 1.54) is 11.3 Å². The van der Waals surface area contributed by atoms with E-state index >= 15 is 0 Å². The van der Waals surface area contributed by atoms with Crippen LogP contribution in [0.25, 0.3) is 10.3 Å². The molecule has 1 N–H and O–H groups in total. The van der Waals surface area contributed by atoms with E-state index in [-0.39, 0.29) is 5.91 Å². The Morgan fingerprint density at radius 3 is 2.81 bits per heavy atom. The molecule has 31 heavy (non-hydrogen) atoms. The van der Waals surface area contributed by atoms with Gasteiger partial charge in [-0.3, -0.25) is 9.69 Å². The highest BCUT2D eigenvalue weighted by Gasteiger charge is 2.27. The van der Waals surface area contributed by atoms with E-state index in [1.807, 2.05) is 36.4 Å². The lowest BCUT2D eigenvalue weighted by Gasteiger charge is -2.39. The van der Waals surface area contributed by atoms with E-state index < -0.39 is 0 Å². The Labute approximate surface area is 186 Å². The summed E-state index contributed by atoms with van der Waals surface area (Å²) in [6.07, 6.45) is 4.79. The van der Waals surface area contributed by atoms with Crippen LogP contribution >= 0.6 is 11.3 Å². The van der Waals surface area contributed by atoms with E-state index in [2.05, 4.69) is 27.1 Å². The monoisotopic (exact) mass is 440 g/mol. The van der Waals surface area contributed by atoms with E-state index in [1.54, 1.807) is 13.1 Å². The van der Waals surface area contributed by atoms with Crippen LogP contribution in [0.5, 0.6) is 16.7 Å². The Balaban J connectivity index is 1.25. The molecule has 0 unspecified atom stereocenters. The van der Waals surface area contributed by atoms with E-state index in [0.717, 1.165) is 48.6 Å². The van der Waals surface area contributed by atoms with Crippen molar-refractivity contribution in [3.63, 3.8) is 0 Å². The fourth-order valence-electron chi connectivity index (χ4n) is 4.02. The molecule has 4 rings (SSSR count). The number of nitrogens with one attached hydrogen (secondary N) is 1. The average molecular weight is 441 g/mol. The minimum absolute atomic E-state index is 0.0591. The number of fused-ring (bicyclic) bond motifs is 1. The van der Waals surface area contributed by atoms with Crippen molar-refractivity contribution >= 4 is 27.6 Å². The minimum Gasteiger partial charge on any atom is -0.492 e. The largest absolute Gasteiger partial charge is 0.492 e.